The molecule has 4 rings (SSSR count). The van der Waals surface area contributed by atoms with Crippen LogP contribution in [0.4, 0.5) is 5.69 Å². The number of anilines is 1. The highest BCUT2D eigenvalue weighted by atomic mass is 35.5. The minimum Gasteiger partial charge on any atom is -0.356 e. The van der Waals surface area contributed by atoms with Crippen LogP contribution in [0.1, 0.15) is 5.69 Å². The molecule has 1 N–H and O–H groups in total. The van der Waals surface area contributed by atoms with E-state index < -0.39 is 0 Å². The van der Waals surface area contributed by atoms with Crippen molar-refractivity contribution in [1.82, 2.24) is 5.16 Å². The first-order valence-electron chi connectivity index (χ1n) is 8.18. The van der Waals surface area contributed by atoms with Crippen molar-refractivity contribution in [1.29, 1.82) is 0 Å². The predicted molar refractivity (Wildman–Crippen MR) is 103 cm³/mol. The molecule has 1 aromatic heterocycles. The molecule has 26 heavy (non-hydrogen) atoms. The summed E-state index contributed by atoms with van der Waals surface area (Å²) in [4.78, 5) is 12.4. The quantitative estimate of drug-likeness (QED) is 0.534. The van der Waals surface area contributed by atoms with Gasteiger partial charge in [0.2, 0.25) is 5.91 Å². The highest BCUT2D eigenvalue weighted by Gasteiger charge is 2.12. The zero-order valence-electron chi connectivity index (χ0n) is 13.8. The van der Waals surface area contributed by atoms with Crippen molar-refractivity contribution in [2.45, 2.75) is 6.42 Å². The Balaban J connectivity index is 1.49. The van der Waals surface area contributed by atoms with Gasteiger partial charge in [-0.3, -0.25) is 4.79 Å². The lowest BCUT2D eigenvalue weighted by Gasteiger charge is -2.07. The van der Waals surface area contributed by atoms with Crippen LogP contribution in [0.25, 0.3) is 22.1 Å². The second-order valence-electron chi connectivity index (χ2n) is 5.94. The van der Waals surface area contributed by atoms with Crippen LogP contribution < -0.4 is 5.32 Å². The summed E-state index contributed by atoms with van der Waals surface area (Å²) in [6.07, 6.45) is 0.139. The van der Waals surface area contributed by atoms with Crippen LogP contribution in [0.3, 0.4) is 0 Å². The number of hydrogen-bond donors (Lipinski definition) is 1. The Kier molecular flexibility index (Phi) is 4.42. The van der Waals surface area contributed by atoms with E-state index in [0.29, 0.717) is 16.5 Å². The van der Waals surface area contributed by atoms with E-state index in [4.69, 9.17) is 16.1 Å². The van der Waals surface area contributed by atoms with Crippen molar-refractivity contribution in [3.8, 4) is 11.3 Å². The van der Waals surface area contributed by atoms with Gasteiger partial charge in [-0.05, 0) is 35.7 Å². The van der Waals surface area contributed by atoms with Crippen molar-refractivity contribution in [3.63, 3.8) is 0 Å². The molecule has 4 aromatic rings. The van der Waals surface area contributed by atoms with Crippen LogP contribution in [-0.4, -0.2) is 11.1 Å². The second kappa shape index (κ2) is 7.02. The van der Waals surface area contributed by atoms with E-state index in [0.717, 1.165) is 22.0 Å². The number of nitrogens with zero attached hydrogens (tertiary/aromatic N) is 1. The van der Waals surface area contributed by atoms with Gasteiger partial charge in [0.15, 0.2) is 5.76 Å². The molecule has 0 saturated heterocycles. The molecule has 5 heteroatoms. The molecule has 0 atom stereocenters. The fourth-order valence-electron chi connectivity index (χ4n) is 2.84. The van der Waals surface area contributed by atoms with Crippen molar-refractivity contribution >= 4 is 34.0 Å². The molecule has 3 aromatic carbocycles. The number of nitrogens with one attached hydrogen (secondary N) is 1. The summed E-state index contributed by atoms with van der Waals surface area (Å²) in [5, 5.41) is 9.68. The smallest absolute Gasteiger partial charge is 0.230 e. The zero-order chi connectivity index (χ0) is 17.9. The molecule has 1 heterocycles. The Morgan fingerprint density at radius 3 is 2.62 bits per heavy atom. The number of fused-ring (bicyclic) bond motifs is 1. The van der Waals surface area contributed by atoms with E-state index in [1.165, 1.54) is 0 Å². The minimum atomic E-state index is -0.141. The average molecular weight is 363 g/mol. The van der Waals surface area contributed by atoms with E-state index in [-0.39, 0.29) is 12.3 Å². The molecule has 0 aliphatic rings. The van der Waals surface area contributed by atoms with Gasteiger partial charge < -0.3 is 9.84 Å². The van der Waals surface area contributed by atoms with Crippen LogP contribution in [0, 0.1) is 0 Å². The Labute approximate surface area is 155 Å². The van der Waals surface area contributed by atoms with Gasteiger partial charge >= 0.3 is 0 Å². The molecule has 128 valence electrons. The van der Waals surface area contributed by atoms with Gasteiger partial charge in [0.05, 0.1) is 12.1 Å². The van der Waals surface area contributed by atoms with Crippen molar-refractivity contribution < 1.29 is 9.32 Å². The van der Waals surface area contributed by atoms with E-state index in [1.54, 1.807) is 18.2 Å². The Morgan fingerprint density at radius 2 is 1.77 bits per heavy atom. The molecule has 0 aliphatic heterocycles. The maximum absolute atomic E-state index is 12.4. The maximum atomic E-state index is 12.4. The number of carbonyl (C=O) groups excluding carboxylic acids is 1. The van der Waals surface area contributed by atoms with Gasteiger partial charge in [-0.15, -0.1) is 0 Å². The number of aromatic nitrogens is 1. The van der Waals surface area contributed by atoms with Crippen molar-refractivity contribution in [2.75, 3.05) is 5.32 Å². The molecule has 0 unspecified atom stereocenters. The third kappa shape index (κ3) is 3.46. The molecule has 0 saturated carbocycles. The van der Waals surface area contributed by atoms with Gasteiger partial charge in [-0.1, -0.05) is 53.2 Å². The van der Waals surface area contributed by atoms with Crippen LogP contribution in [0.15, 0.2) is 77.3 Å². The molecule has 0 spiro atoms. The second-order valence-corrected chi connectivity index (χ2v) is 6.38. The molecular formula is C21H15ClN2O2. The van der Waals surface area contributed by atoms with Crippen molar-refractivity contribution in [3.05, 3.63) is 83.5 Å². The fourth-order valence-corrected chi connectivity index (χ4v) is 2.96. The number of amides is 1. The summed E-state index contributed by atoms with van der Waals surface area (Å²) in [7, 11) is 0. The van der Waals surface area contributed by atoms with Gasteiger partial charge in [0.1, 0.15) is 0 Å². The molecule has 4 nitrogen and oxygen atoms in total. The molecule has 0 radical (unpaired) electrons. The number of carbonyl (C=O) groups is 1. The lowest BCUT2D eigenvalue weighted by atomic mass is 10.1. The lowest BCUT2D eigenvalue weighted by Crippen LogP contribution is -2.14. The van der Waals surface area contributed by atoms with E-state index in [2.05, 4.69) is 10.5 Å². The molecule has 0 fully saturated rings. The van der Waals surface area contributed by atoms with E-state index >= 15 is 0 Å². The molecule has 0 aliphatic carbocycles. The van der Waals surface area contributed by atoms with Crippen LogP contribution in [0.2, 0.25) is 5.02 Å². The zero-order valence-corrected chi connectivity index (χ0v) is 14.5. The number of halogens is 1. The van der Waals surface area contributed by atoms with Gasteiger partial charge in [-0.2, -0.15) is 0 Å². The van der Waals surface area contributed by atoms with Crippen LogP contribution in [-0.2, 0) is 11.2 Å². The number of rotatable bonds is 4. The van der Waals surface area contributed by atoms with Gasteiger partial charge in [0, 0.05) is 27.7 Å². The Hall–Kier alpha value is -3.11. The molecular weight excluding hydrogens is 348 g/mol. The first-order chi connectivity index (χ1) is 12.7. The summed E-state index contributed by atoms with van der Waals surface area (Å²) in [5.41, 5.74) is 2.23. The number of benzene rings is 3. The monoisotopic (exact) mass is 362 g/mol. The Bertz CT molecular complexity index is 1070. The summed E-state index contributed by atoms with van der Waals surface area (Å²) in [5.74, 6) is 0.465. The first-order valence-corrected chi connectivity index (χ1v) is 8.56. The van der Waals surface area contributed by atoms with E-state index in [9.17, 15) is 4.79 Å². The average Bonchev–Trinajstić information content (AvgIpc) is 3.11. The molecule has 0 bridgehead atoms. The summed E-state index contributed by atoms with van der Waals surface area (Å²) in [6.45, 7) is 0. The van der Waals surface area contributed by atoms with Gasteiger partial charge in [-0.25, -0.2) is 0 Å². The largest absolute Gasteiger partial charge is 0.356 e. The lowest BCUT2D eigenvalue weighted by molar-refractivity contribution is -0.115. The van der Waals surface area contributed by atoms with E-state index in [1.807, 2.05) is 54.6 Å². The normalized spacial score (nSPS) is 10.8. The topological polar surface area (TPSA) is 55.1 Å². The summed E-state index contributed by atoms with van der Waals surface area (Å²) < 4.78 is 5.34. The minimum absolute atomic E-state index is 0.139. The molecule has 1 amide bonds. The van der Waals surface area contributed by atoms with Gasteiger partial charge in [0.25, 0.3) is 0 Å². The third-order valence-corrected chi connectivity index (χ3v) is 4.35. The van der Waals surface area contributed by atoms with Crippen molar-refractivity contribution in [2.24, 2.45) is 0 Å². The predicted octanol–water partition coefficient (Wildman–Crippen LogP) is 5.33. The summed E-state index contributed by atoms with van der Waals surface area (Å²) in [6, 6.07) is 22.8. The third-order valence-electron chi connectivity index (χ3n) is 4.09. The fraction of sp³-hybridized carbons (Fsp3) is 0.0476. The Morgan fingerprint density at radius 1 is 1.00 bits per heavy atom. The summed E-state index contributed by atoms with van der Waals surface area (Å²) >= 11 is 5.89. The van der Waals surface area contributed by atoms with Crippen LogP contribution >= 0.6 is 11.6 Å². The highest BCUT2D eigenvalue weighted by molar-refractivity contribution is 6.30. The highest BCUT2D eigenvalue weighted by Crippen LogP contribution is 2.24. The number of hydrogen-bond acceptors (Lipinski definition) is 3. The first kappa shape index (κ1) is 16.4. The maximum Gasteiger partial charge on any atom is 0.230 e. The van der Waals surface area contributed by atoms with Crippen LogP contribution in [0.5, 0.6) is 0 Å². The standard InChI is InChI=1S/C21H15ClN2O2/c22-16-10-8-15(9-11-16)20-12-17(24-26-20)13-21(25)23-19-7-3-5-14-4-1-2-6-18(14)19/h1-12H,13H2,(H,23,25). The SMILES string of the molecule is O=C(Cc1cc(-c2ccc(Cl)cc2)on1)Nc1cccc2ccccc12.